The van der Waals surface area contributed by atoms with Crippen LogP contribution in [0.5, 0.6) is 0 Å². The lowest BCUT2D eigenvalue weighted by Crippen LogP contribution is -2.51. The monoisotopic (exact) mass is 583 g/mol. The summed E-state index contributed by atoms with van der Waals surface area (Å²) in [6.45, 7) is -0.430. The fraction of sp³-hybridized carbons (Fsp3) is 0.321. The van der Waals surface area contributed by atoms with E-state index in [0.29, 0.717) is 40.9 Å². The number of aryl methyl sites for hydroxylation is 1. The van der Waals surface area contributed by atoms with Gasteiger partial charge in [-0.05, 0) is 54.7 Å². The Bertz CT molecular complexity index is 1410. The first kappa shape index (κ1) is 31.4. The van der Waals surface area contributed by atoms with Crippen molar-refractivity contribution < 1.29 is 43.7 Å². The zero-order chi connectivity index (χ0) is 30.6. The van der Waals surface area contributed by atoms with Crippen LogP contribution in [0.3, 0.4) is 0 Å². The molecule has 0 aliphatic carbocycles. The Hall–Kier alpha value is -5.14. The number of amides is 2. The minimum Gasteiger partial charge on any atom is -0.481 e. The molecule has 2 amide bonds. The van der Waals surface area contributed by atoms with Gasteiger partial charge in [0.05, 0.1) is 24.3 Å². The molecule has 0 fully saturated rings. The Labute approximate surface area is 239 Å². The lowest BCUT2D eigenvalue weighted by molar-refractivity contribution is -0.140. The summed E-state index contributed by atoms with van der Waals surface area (Å²) in [5.41, 5.74) is 3.07. The normalized spacial score (nSPS) is 12.2. The molecule has 1 aromatic heterocycles. The minimum absolute atomic E-state index is 0.0895. The number of aliphatic carboxylic acids is 3. The average Bonchev–Trinajstić information content (AvgIpc) is 3.43. The van der Waals surface area contributed by atoms with E-state index in [4.69, 9.17) is 10.2 Å². The molecule has 1 heterocycles. The summed E-state index contributed by atoms with van der Waals surface area (Å²) < 4.78 is 13.9. The van der Waals surface area contributed by atoms with Gasteiger partial charge in [-0.3, -0.25) is 14.0 Å². The summed E-state index contributed by atoms with van der Waals surface area (Å²) in [7, 11) is 0. The van der Waals surface area contributed by atoms with Crippen molar-refractivity contribution in [3.05, 3.63) is 77.1 Å². The van der Waals surface area contributed by atoms with Crippen LogP contribution >= 0.6 is 0 Å². The van der Waals surface area contributed by atoms with Gasteiger partial charge in [0.1, 0.15) is 12.1 Å². The lowest BCUT2D eigenvalue weighted by atomic mass is 9.99. The molecule has 3 aromatic rings. The second-order valence-corrected chi connectivity index (χ2v) is 9.45. The van der Waals surface area contributed by atoms with Gasteiger partial charge in [-0.25, -0.2) is 19.1 Å². The number of halogens is 1. The molecule has 2 aromatic carbocycles. The molecular weight excluding hydrogens is 553 g/mol. The molecule has 0 saturated carbocycles. The van der Waals surface area contributed by atoms with Crippen molar-refractivity contribution in [2.75, 3.05) is 6.67 Å². The Morgan fingerprint density at radius 3 is 2.07 bits per heavy atom. The Morgan fingerprint density at radius 1 is 0.857 bits per heavy atom. The smallest absolute Gasteiger partial charge is 0.326 e. The van der Waals surface area contributed by atoms with Crippen molar-refractivity contribution in [3.8, 4) is 5.69 Å². The van der Waals surface area contributed by atoms with E-state index in [9.17, 15) is 33.5 Å². The summed E-state index contributed by atoms with van der Waals surface area (Å²) in [4.78, 5) is 58.7. The van der Waals surface area contributed by atoms with Crippen LogP contribution in [-0.4, -0.2) is 78.8 Å². The predicted molar refractivity (Wildman–Crippen MR) is 145 cm³/mol. The molecule has 14 heteroatoms. The van der Waals surface area contributed by atoms with Crippen LogP contribution in [0.1, 0.15) is 46.4 Å². The van der Waals surface area contributed by atoms with E-state index in [-0.39, 0.29) is 25.0 Å². The third-order valence-electron chi connectivity index (χ3n) is 6.24. The van der Waals surface area contributed by atoms with Crippen LogP contribution in [-0.2, 0) is 33.6 Å². The van der Waals surface area contributed by atoms with Gasteiger partial charge >= 0.3 is 23.9 Å². The molecule has 0 radical (unpaired) electrons. The number of alkyl halides is 1. The highest BCUT2D eigenvalue weighted by Gasteiger charge is 2.25. The van der Waals surface area contributed by atoms with E-state index in [1.807, 2.05) is 0 Å². The van der Waals surface area contributed by atoms with E-state index in [1.165, 1.54) is 0 Å². The van der Waals surface area contributed by atoms with Crippen LogP contribution in [0.4, 0.5) is 9.18 Å². The third-order valence-corrected chi connectivity index (χ3v) is 6.24. The summed E-state index contributed by atoms with van der Waals surface area (Å²) in [6, 6.07) is 9.41. The highest BCUT2D eigenvalue weighted by atomic mass is 19.1. The molecule has 222 valence electrons. The number of urea groups is 1. The topological polar surface area (TPSA) is 201 Å². The Morgan fingerprint density at radius 2 is 1.48 bits per heavy atom. The fourth-order valence-corrected chi connectivity index (χ4v) is 3.99. The molecule has 3 rings (SSSR count). The van der Waals surface area contributed by atoms with Crippen molar-refractivity contribution >= 4 is 29.7 Å². The second kappa shape index (κ2) is 15.0. The van der Waals surface area contributed by atoms with Crippen LogP contribution < -0.4 is 10.6 Å². The summed E-state index contributed by atoms with van der Waals surface area (Å²) >= 11 is 0. The number of carboxylic acids is 3. The van der Waals surface area contributed by atoms with Gasteiger partial charge in [0.15, 0.2) is 5.78 Å². The number of nitrogens with one attached hydrogen (secondary N) is 2. The molecular formula is C28H30FN5O8. The number of hydrogen-bond acceptors (Lipinski definition) is 7. The SMILES string of the molecule is O=C(O)CC[C@H](NC(=O)N[C@@H](Cc1ccc(CC(=O)c2ccc(-n3cc(CCCF)nn3)cc2)cc1)C(=O)O)C(=O)O. The maximum absolute atomic E-state index is 12.8. The largest absolute Gasteiger partial charge is 0.481 e. The van der Waals surface area contributed by atoms with Gasteiger partial charge in [-0.1, -0.05) is 29.5 Å². The maximum atomic E-state index is 12.8. The van der Waals surface area contributed by atoms with Crippen LogP contribution in [0.25, 0.3) is 5.69 Å². The van der Waals surface area contributed by atoms with Crippen molar-refractivity contribution in [3.63, 3.8) is 0 Å². The molecule has 0 aliphatic heterocycles. The number of nitrogens with zero attached hydrogens (tertiary/aromatic N) is 3. The molecule has 0 aliphatic rings. The first-order chi connectivity index (χ1) is 20.0. The van der Waals surface area contributed by atoms with Crippen molar-refractivity contribution in [1.82, 2.24) is 25.6 Å². The number of carbonyl (C=O) groups excluding carboxylic acids is 2. The average molecular weight is 584 g/mol. The number of rotatable bonds is 16. The van der Waals surface area contributed by atoms with Gasteiger partial charge in [-0.2, -0.15) is 0 Å². The van der Waals surface area contributed by atoms with Gasteiger partial charge in [-0.15, -0.1) is 5.10 Å². The fourth-order valence-electron chi connectivity index (χ4n) is 3.99. The summed E-state index contributed by atoms with van der Waals surface area (Å²) in [6.07, 6.45) is 1.67. The standard InChI is InChI=1S/C28H30FN5O8/c29-13-1-2-20-16-34(33-32-20)21-9-7-19(8-10-21)24(35)15-18-5-3-17(4-6-18)14-23(27(40)41)31-28(42)30-22(26(38)39)11-12-25(36)37/h3-10,16,22-23H,1-2,11-15H2,(H,36,37)(H,38,39)(H,40,41)(H2,30,31,42)/t22-,23-/m0/s1. The van der Waals surface area contributed by atoms with Crippen LogP contribution in [0.15, 0.2) is 54.7 Å². The minimum atomic E-state index is -1.50. The number of Topliss-reactive ketones (excluding diaryl/α,β-unsaturated/α-hetero) is 1. The zero-order valence-electron chi connectivity index (χ0n) is 22.4. The third kappa shape index (κ3) is 9.50. The molecule has 0 bridgehead atoms. The molecule has 2 atom stereocenters. The van der Waals surface area contributed by atoms with Gasteiger partial charge < -0.3 is 26.0 Å². The maximum Gasteiger partial charge on any atom is 0.326 e. The van der Waals surface area contributed by atoms with E-state index in [2.05, 4.69) is 20.9 Å². The van der Waals surface area contributed by atoms with Crippen molar-refractivity contribution in [2.24, 2.45) is 0 Å². The first-order valence-electron chi connectivity index (χ1n) is 13.0. The lowest BCUT2D eigenvalue weighted by Gasteiger charge is -2.18. The molecule has 0 unspecified atom stereocenters. The van der Waals surface area contributed by atoms with Gasteiger partial charge in [0.25, 0.3) is 0 Å². The number of ketones is 1. The van der Waals surface area contributed by atoms with E-state index in [0.717, 1.165) is 0 Å². The van der Waals surface area contributed by atoms with E-state index in [1.54, 1.807) is 59.4 Å². The summed E-state index contributed by atoms with van der Waals surface area (Å²) in [5, 5.41) is 39.7. The zero-order valence-corrected chi connectivity index (χ0v) is 22.4. The summed E-state index contributed by atoms with van der Waals surface area (Å²) in [5.74, 6) is -4.18. The van der Waals surface area contributed by atoms with E-state index < -0.39 is 49.1 Å². The number of carbonyl (C=O) groups is 5. The number of hydrogen-bond donors (Lipinski definition) is 5. The Balaban J connectivity index is 1.55. The number of carboxylic acid groups (broad SMARTS) is 3. The molecule has 0 saturated heterocycles. The van der Waals surface area contributed by atoms with Crippen LogP contribution in [0.2, 0.25) is 0 Å². The van der Waals surface area contributed by atoms with Gasteiger partial charge in [0.2, 0.25) is 0 Å². The number of benzene rings is 2. The highest BCUT2D eigenvalue weighted by molar-refractivity contribution is 5.97. The van der Waals surface area contributed by atoms with Crippen molar-refractivity contribution in [1.29, 1.82) is 0 Å². The molecule has 13 nitrogen and oxygen atoms in total. The second-order valence-electron chi connectivity index (χ2n) is 9.45. The highest BCUT2D eigenvalue weighted by Crippen LogP contribution is 2.14. The molecule has 5 N–H and O–H groups in total. The first-order valence-corrected chi connectivity index (χ1v) is 13.0. The Kier molecular flexibility index (Phi) is 11.2. The van der Waals surface area contributed by atoms with Crippen molar-refractivity contribution in [2.45, 2.75) is 50.6 Å². The molecule has 42 heavy (non-hydrogen) atoms. The van der Waals surface area contributed by atoms with Gasteiger partial charge in [0, 0.05) is 24.8 Å². The molecule has 0 spiro atoms. The van der Waals surface area contributed by atoms with E-state index >= 15 is 0 Å². The predicted octanol–water partition coefficient (Wildman–Crippen LogP) is 2.21. The quantitative estimate of drug-likeness (QED) is 0.156. The van der Waals surface area contributed by atoms with Crippen LogP contribution in [0, 0.1) is 0 Å². The number of aromatic nitrogens is 3.